The van der Waals surface area contributed by atoms with Crippen LogP contribution in [0.2, 0.25) is 0 Å². The van der Waals surface area contributed by atoms with E-state index in [1.165, 1.54) is 163 Å². The Hall–Kier alpha value is -11.7. The topological polar surface area (TPSA) is 320 Å². The Morgan fingerprint density at radius 3 is 0.809 bits per heavy atom. The Morgan fingerprint density at radius 2 is 0.527 bits per heavy atom. The summed E-state index contributed by atoms with van der Waals surface area (Å²) in [4.78, 5) is 143. The molecule has 25 nitrogen and oxygen atoms in total. The van der Waals surface area contributed by atoms with E-state index in [-0.39, 0.29) is 44.5 Å². The number of esters is 10. The summed E-state index contributed by atoms with van der Waals surface area (Å²) in [5, 5.41) is 13.0. The average Bonchev–Trinajstić information content (AvgIpc) is 0.802. The monoisotopic (exact) mass is 1510 g/mol. The van der Waals surface area contributed by atoms with Crippen LogP contribution in [0.5, 0.6) is 0 Å². The lowest BCUT2D eigenvalue weighted by Gasteiger charge is -2.42. The first-order valence-corrected chi connectivity index (χ1v) is 35.3. The zero-order valence-corrected chi connectivity index (χ0v) is 61.8. The Bertz CT molecular complexity index is 4230. The van der Waals surface area contributed by atoms with Gasteiger partial charge >= 0.3 is 59.7 Å². The van der Waals surface area contributed by atoms with E-state index >= 15 is 4.79 Å². The second-order valence-corrected chi connectivity index (χ2v) is 25.7. The molecule has 25 heteroatoms. The summed E-state index contributed by atoms with van der Waals surface area (Å²) in [6, 6.07) is 61.6. The van der Waals surface area contributed by atoms with Crippen LogP contribution >= 0.6 is 0 Å². The first-order valence-electron chi connectivity index (χ1n) is 35.3. The Labute approximate surface area is 636 Å². The molecule has 8 rings (SSSR count). The molecule has 14 unspecified atom stereocenters. The molecule has 0 aliphatic rings. The highest BCUT2D eigenvalue weighted by atomic mass is 16.7. The van der Waals surface area contributed by atoms with Gasteiger partial charge in [0.25, 0.3) is 0 Å². The van der Waals surface area contributed by atoms with Gasteiger partial charge in [-0.05, 0) is 103 Å². The zero-order chi connectivity index (χ0) is 79.1. The fraction of sp³-hybridized carbons (Fsp3) is 0.318. The van der Waals surface area contributed by atoms with Crippen LogP contribution in [-0.2, 0) is 75.9 Å². The maximum absolute atomic E-state index is 15.0. The first-order chi connectivity index (χ1) is 53.1. The van der Waals surface area contributed by atoms with E-state index in [1.54, 1.807) is 121 Å². The lowest BCUT2D eigenvalue weighted by Crippen LogP contribution is -2.56. The molecule has 110 heavy (non-hydrogen) atoms. The molecule has 0 aromatic heterocycles. The minimum Gasteiger partial charge on any atom is -0.462 e. The van der Waals surface area contributed by atoms with Crippen molar-refractivity contribution in [1.29, 1.82) is 0 Å². The van der Waals surface area contributed by atoms with Gasteiger partial charge in [-0.3, -0.25) is 9.59 Å². The van der Waals surface area contributed by atoms with Crippen LogP contribution in [0.3, 0.4) is 0 Å². The van der Waals surface area contributed by atoms with E-state index in [2.05, 4.69) is 0 Å². The van der Waals surface area contributed by atoms with Crippen LogP contribution in [0.4, 0.5) is 0 Å². The Balaban J connectivity index is 1.27. The predicted octanol–water partition coefficient (Wildman–Crippen LogP) is 11.8. The summed E-state index contributed by atoms with van der Waals surface area (Å²) in [6.07, 6.45) is -21.5. The summed E-state index contributed by atoms with van der Waals surface area (Å²) in [5.74, 6) is -14.9. The molecule has 0 saturated carbocycles. The second-order valence-electron chi connectivity index (χ2n) is 25.7. The van der Waals surface area contributed by atoms with E-state index in [0.29, 0.717) is 0 Å². The van der Waals surface area contributed by atoms with Crippen molar-refractivity contribution in [1.82, 2.24) is 0 Å². The highest BCUT2D eigenvalue weighted by molar-refractivity contribution is 5.93. The molecule has 0 spiro atoms. The van der Waals surface area contributed by atoms with Gasteiger partial charge in [0.05, 0.1) is 70.4 Å². The van der Waals surface area contributed by atoms with Crippen molar-refractivity contribution >= 4 is 59.7 Å². The number of hydrogen-bond donors (Lipinski definition) is 1. The van der Waals surface area contributed by atoms with Crippen molar-refractivity contribution in [2.75, 3.05) is 41.2 Å². The van der Waals surface area contributed by atoms with Crippen LogP contribution in [0, 0.1) is 23.7 Å². The number of aliphatic hydroxyl groups is 1. The number of carbonyl (C=O) groups is 10. The molecule has 0 radical (unpaired) electrons. The van der Waals surface area contributed by atoms with Gasteiger partial charge in [-0.1, -0.05) is 166 Å². The number of ether oxygens (including phenoxy) is 14. The molecule has 0 aliphatic heterocycles. The quantitative estimate of drug-likeness (QED) is 0.0212. The number of carbonyl (C=O) groups excluding carboxylic acids is 10. The number of aliphatic hydroxyl groups excluding tert-OH is 1. The summed E-state index contributed by atoms with van der Waals surface area (Å²) in [5.41, 5.74) is 0.152. The molecule has 0 bridgehead atoms. The van der Waals surface area contributed by atoms with Crippen LogP contribution < -0.4 is 0 Å². The van der Waals surface area contributed by atoms with Gasteiger partial charge in [-0.2, -0.15) is 0 Å². The third-order valence-corrected chi connectivity index (χ3v) is 17.6. The maximum atomic E-state index is 15.0. The lowest BCUT2D eigenvalue weighted by atomic mass is 9.80. The van der Waals surface area contributed by atoms with Crippen molar-refractivity contribution in [3.8, 4) is 0 Å². The van der Waals surface area contributed by atoms with Crippen LogP contribution in [0.1, 0.15) is 124 Å². The SMILES string of the molecule is COC(CC(C(OC(C)=O)C(C)COC(O)C(OC(=O)c1ccccc1)C(OC(=O)c1ccccc1)C(OC(=O)c1ccccc1)C(C)COC(=O)c1ccccc1)C(OC(C)=O)C(OC)OC)C(OC(=O)c1ccccc1)C(OC(=O)c1ccccc1)C(OC(=O)c1ccccc1)C(C)COC(=O)c1ccccc1. The first kappa shape index (κ1) is 83.9. The standard InChI is InChI=1S/C85H88O25/c1-53(50-102-84(96)75(110-83(95)65-47-31-16-32-48-65)74(109-82(94)64-45-29-15-30-46-64)70(106-79(91)61-39-23-12-24-40-61)55(3)52-101-77(89)59-35-19-10-20-36-59)68(103-56(4)86)66(71(104-57(5)87)85(98-7)99-8)49-67(97-6)72(107-80(92)62-41-25-13-26-42-62)73(108-81(93)63-43-27-14-28-44-63)69(105-78(90)60-37-21-11-22-38-60)54(2)51-100-76(88)58-33-17-9-18-34-58/h9-48,53-55,66-75,84-85,96H,49-52H2,1-8H3. The van der Waals surface area contributed by atoms with Gasteiger partial charge in [0, 0.05) is 58.8 Å². The van der Waals surface area contributed by atoms with Crippen molar-refractivity contribution in [3.63, 3.8) is 0 Å². The Kier molecular flexibility index (Phi) is 32.6. The third kappa shape index (κ3) is 24.4. The fourth-order valence-electron chi connectivity index (χ4n) is 12.1. The summed E-state index contributed by atoms with van der Waals surface area (Å²) >= 11 is 0. The van der Waals surface area contributed by atoms with Gasteiger partial charge in [0.2, 0.25) is 0 Å². The zero-order valence-electron chi connectivity index (χ0n) is 61.8. The van der Waals surface area contributed by atoms with Crippen molar-refractivity contribution < 1.29 is 119 Å². The predicted molar refractivity (Wildman–Crippen MR) is 395 cm³/mol. The minimum absolute atomic E-state index is 0.00711. The van der Waals surface area contributed by atoms with E-state index in [0.717, 1.165) is 13.8 Å². The molecule has 0 saturated heterocycles. The Morgan fingerprint density at radius 1 is 0.282 bits per heavy atom. The maximum Gasteiger partial charge on any atom is 0.338 e. The van der Waals surface area contributed by atoms with E-state index in [1.807, 2.05) is 0 Å². The molecule has 0 amide bonds. The van der Waals surface area contributed by atoms with Crippen LogP contribution in [-0.4, -0.2) is 173 Å². The minimum atomic E-state index is -2.44. The van der Waals surface area contributed by atoms with Crippen molar-refractivity contribution in [2.24, 2.45) is 23.7 Å². The molecule has 578 valence electrons. The number of methoxy groups -OCH3 is 3. The molecule has 14 atom stereocenters. The number of benzene rings is 8. The molecular weight excluding hydrogens is 1420 g/mol. The summed E-state index contributed by atoms with van der Waals surface area (Å²) in [7, 11) is 3.64. The second kappa shape index (κ2) is 42.7. The number of hydrogen-bond acceptors (Lipinski definition) is 25. The van der Waals surface area contributed by atoms with Gasteiger partial charge in [0.1, 0.15) is 18.3 Å². The molecule has 0 fully saturated rings. The molecule has 8 aromatic carbocycles. The smallest absolute Gasteiger partial charge is 0.338 e. The third-order valence-electron chi connectivity index (χ3n) is 17.6. The molecule has 8 aromatic rings. The normalized spacial score (nSPS) is 15.0. The van der Waals surface area contributed by atoms with Gasteiger partial charge < -0.3 is 71.4 Å². The average molecular weight is 1510 g/mol. The van der Waals surface area contributed by atoms with Gasteiger partial charge in [0.15, 0.2) is 43.1 Å². The molecular formula is C85H88O25. The van der Waals surface area contributed by atoms with Gasteiger partial charge in [-0.25, -0.2) is 38.4 Å². The molecule has 0 aliphatic carbocycles. The van der Waals surface area contributed by atoms with E-state index < -0.39 is 177 Å². The highest BCUT2D eigenvalue weighted by Crippen LogP contribution is 2.37. The van der Waals surface area contributed by atoms with Crippen molar-refractivity contribution in [3.05, 3.63) is 287 Å². The van der Waals surface area contributed by atoms with Crippen LogP contribution in [0.25, 0.3) is 0 Å². The van der Waals surface area contributed by atoms with E-state index in [4.69, 9.17) is 66.3 Å². The number of rotatable bonds is 40. The van der Waals surface area contributed by atoms with Gasteiger partial charge in [-0.15, -0.1) is 0 Å². The largest absolute Gasteiger partial charge is 0.462 e. The van der Waals surface area contributed by atoms with Crippen molar-refractivity contribution in [2.45, 2.75) is 109 Å². The summed E-state index contributed by atoms with van der Waals surface area (Å²) < 4.78 is 86.9. The summed E-state index contributed by atoms with van der Waals surface area (Å²) in [6.45, 7) is 4.80. The fourth-order valence-corrected chi connectivity index (χ4v) is 12.1. The molecule has 1 N–H and O–H groups in total. The highest BCUT2D eigenvalue weighted by Gasteiger charge is 2.52. The molecule has 0 heterocycles. The van der Waals surface area contributed by atoms with Crippen LogP contribution in [0.15, 0.2) is 243 Å². The lowest BCUT2D eigenvalue weighted by molar-refractivity contribution is -0.229. The van der Waals surface area contributed by atoms with E-state index in [9.17, 15) is 48.3 Å².